The van der Waals surface area contributed by atoms with Gasteiger partial charge in [0.1, 0.15) is 0 Å². The number of piperazine rings is 1. The first-order valence-corrected chi connectivity index (χ1v) is 7.69. The van der Waals surface area contributed by atoms with Crippen molar-refractivity contribution in [1.82, 2.24) is 9.80 Å². The summed E-state index contributed by atoms with van der Waals surface area (Å²) < 4.78 is 0. The molecule has 0 N–H and O–H groups in total. The summed E-state index contributed by atoms with van der Waals surface area (Å²) in [4.78, 5) is 4.95. The van der Waals surface area contributed by atoms with Crippen molar-refractivity contribution in [3.8, 4) is 6.07 Å². The van der Waals surface area contributed by atoms with Crippen LogP contribution in [0.3, 0.4) is 0 Å². The van der Waals surface area contributed by atoms with Gasteiger partial charge in [-0.05, 0) is 25.3 Å². The lowest BCUT2D eigenvalue weighted by atomic mass is 10.0. The maximum atomic E-state index is 9.09. The van der Waals surface area contributed by atoms with Crippen LogP contribution in [0.5, 0.6) is 0 Å². The Morgan fingerprint density at radius 2 is 1.83 bits per heavy atom. The number of hydrogen-bond donors (Lipinski definition) is 0. The van der Waals surface area contributed by atoms with E-state index < -0.39 is 0 Å². The van der Waals surface area contributed by atoms with Crippen LogP contribution in [-0.4, -0.2) is 48.6 Å². The molecule has 1 aliphatic heterocycles. The van der Waals surface area contributed by atoms with Gasteiger partial charge in [-0.15, -0.1) is 0 Å². The van der Waals surface area contributed by atoms with Crippen LogP contribution in [0.25, 0.3) is 0 Å². The lowest BCUT2D eigenvalue weighted by Gasteiger charge is -2.37. The van der Waals surface area contributed by atoms with Crippen molar-refractivity contribution in [1.29, 1.82) is 5.26 Å². The van der Waals surface area contributed by atoms with Crippen LogP contribution in [0.1, 0.15) is 45.4 Å². The highest BCUT2D eigenvalue weighted by molar-refractivity contribution is 4.92. The van der Waals surface area contributed by atoms with Crippen molar-refractivity contribution in [3.05, 3.63) is 0 Å². The predicted octanol–water partition coefficient (Wildman–Crippen LogP) is 2.49. The molecule has 1 saturated carbocycles. The fraction of sp³-hybridized carbons (Fsp3) is 0.933. The Balaban J connectivity index is 1.65. The van der Waals surface area contributed by atoms with Gasteiger partial charge in [0.05, 0.1) is 12.1 Å². The van der Waals surface area contributed by atoms with Crippen LogP contribution < -0.4 is 0 Å². The number of nitriles is 1. The summed E-state index contributed by atoms with van der Waals surface area (Å²) >= 11 is 0. The quantitative estimate of drug-likeness (QED) is 0.750. The molecule has 2 aliphatic rings. The maximum Gasteiger partial charge on any atom is 0.0976 e. The van der Waals surface area contributed by atoms with E-state index in [2.05, 4.69) is 22.8 Å². The van der Waals surface area contributed by atoms with Crippen LogP contribution in [0.2, 0.25) is 0 Å². The zero-order valence-electron chi connectivity index (χ0n) is 11.8. The minimum Gasteiger partial charge on any atom is -0.301 e. The smallest absolute Gasteiger partial charge is 0.0976 e. The van der Waals surface area contributed by atoms with Gasteiger partial charge < -0.3 is 4.90 Å². The first-order valence-electron chi connectivity index (χ1n) is 7.69. The fourth-order valence-corrected chi connectivity index (χ4v) is 3.39. The molecule has 1 aliphatic carbocycles. The van der Waals surface area contributed by atoms with E-state index in [1.165, 1.54) is 38.6 Å². The van der Waals surface area contributed by atoms with E-state index in [0.717, 1.165) is 38.5 Å². The average molecular weight is 249 g/mol. The molecule has 0 aromatic carbocycles. The molecule has 2 rings (SSSR count). The fourth-order valence-electron chi connectivity index (χ4n) is 3.39. The zero-order valence-corrected chi connectivity index (χ0v) is 11.8. The highest BCUT2D eigenvalue weighted by atomic mass is 15.3. The molecule has 1 unspecified atom stereocenters. The van der Waals surface area contributed by atoms with Crippen LogP contribution in [0.4, 0.5) is 0 Å². The van der Waals surface area contributed by atoms with Gasteiger partial charge in [0.25, 0.3) is 0 Å². The third kappa shape index (κ3) is 3.70. The Morgan fingerprint density at radius 3 is 2.39 bits per heavy atom. The van der Waals surface area contributed by atoms with Gasteiger partial charge in [0.15, 0.2) is 0 Å². The third-order valence-corrected chi connectivity index (χ3v) is 4.71. The molecule has 0 bridgehead atoms. The molecule has 2 fully saturated rings. The van der Waals surface area contributed by atoms with Gasteiger partial charge in [-0.1, -0.05) is 32.6 Å². The topological polar surface area (TPSA) is 30.3 Å². The molecule has 18 heavy (non-hydrogen) atoms. The summed E-state index contributed by atoms with van der Waals surface area (Å²) in [5, 5.41) is 9.09. The number of hydrogen-bond acceptors (Lipinski definition) is 3. The van der Waals surface area contributed by atoms with Crippen LogP contribution in [0.15, 0.2) is 0 Å². The van der Waals surface area contributed by atoms with Crippen molar-refractivity contribution in [2.45, 2.75) is 51.5 Å². The van der Waals surface area contributed by atoms with Gasteiger partial charge in [-0.3, -0.25) is 4.90 Å². The van der Waals surface area contributed by atoms with Gasteiger partial charge in [0, 0.05) is 26.2 Å². The average Bonchev–Trinajstić information content (AvgIpc) is 2.92. The molecule has 1 heterocycles. The van der Waals surface area contributed by atoms with Gasteiger partial charge in [-0.25, -0.2) is 0 Å². The Hall–Kier alpha value is -0.590. The maximum absolute atomic E-state index is 9.09. The molecule has 0 aromatic rings. The molecule has 0 radical (unpaired) electrons. The first kappa shape index (κ1) is 13.8. The van der Waals surface area contributed by atoms with E-state index in [-0.39, 0.29) is 6.04 Å². The second kappa shape index (κ2) is 7.11. The molecule has 102 valence electrons. The van der Waals surface area contributed by atoms with Crippen molar-refractivity contribution >= 4 is 0 Å². The third-order valence-electron chi connectivity index (χ3n) is 4.71. The summed E-state index contributed by atoms with van der Waals surface area (Å²) in [7, 11) is 0. The Labute approximate surface area is 112 Å². The minimum absolute atomic E-state index is 0.141. The van der Waals surface area contributed by atoms with Crippen molar-refractivity contribution in [2.75, 3.05) is 32.7 Å². The monoisotopic (exact) mass is 249 g/mol. The molecular weight excluding hydrogens is 222 g/mol. The minimum atomic E-state index is 0.141. The lowest BCUT2D eigenvalue weighted by molar-refractivity contribution is 0.108. The SMILES string of the molecule is CCC(C#N)N1CCN(CCC2CCCC2)CC1. The van der Waals surface area contributed by atoms with E-state index in [0.29, 0.717) is 0 Å². The molecule has 0 spiro atoms. The standard InChI is InChI=1S/C15H27N3/c1-2-15(13-16)18-11-9-17(10-12-18)8-7-14-5-3-4-6-14/h14-15H,2-12H2,1H3. The summed E-state index contributed by atoms with van der Waals surface area (Å²) in [6.45, 7) is 7.87. The van der Waals surface area contributed by atoms with Gasteiger partial charge in [-0.2, -0.15) is 5.26 Å². The Bertz CT molecular complexity index is 270. The summed E-state index contributed by atoms with van der Waals surface area (Å²) in [5.74, 6) is 1.01. The van der Waals surface area contributed by atoms with E-state index >= 15 is 0 Å². The Morgan fingerprint density at radius 1 is 1.17 bits per heavy atom. The Kier molecular flexibility index (Phi) is 5.46. The second-order valence-electron chi connectivity index (χ2n) is 5.87. The highest BCUT2D eigenvalue weighted by Crippen LogP contribution is 2.27. The summed E-state index contributed by atoms with van der Waals surface area (Å²) in [6.07, 6.45) is 8.20. The highest BCUT2D eigenvalue weighted by Gasteiger charge is 2.23. The normalized spacial score (nSPS) is 25.1. The molecule has 0 aromatic heterocycles. The van der Waals surface area contributed by atoms with E-state index in [9.17, 15) is 0 Å². The largest absolute Gasteiger partial charge is 0.301 e. The molecule has 1 saturated heterocycles. The lowest BCUT2D eigenvalue weighted by Crippen LogP contribution is -2.50. The molecule has 0 amide bonds. The number of nitrogens with zero attached hydrogens (tertiary/aromatic N) is 3. The molecule has 3 heteroatoms. The van der Waals surface area contributed by atoms with Crippen molar-refractivity contribution in [3.63, 3.8) is 0 Å². The predicted molar refractivity (Wildman–Crippen MR) is 74.3 cm³/mol. The molecule has 1 atom stereocenters. The van der Waals surface area contributed by atoms with Gasteiger partial charge >= 0.3 is 0 Å². The van der Waals surface area contributed by atoms with Crippen LogP contribution in [0, 0.1) is 17.2 Å². The van der Waals surface area contributed by atoms with Crippen LogP contribution >= 0.6 is 0 Å². The van der Waals surface area contributed by atoms with E-state index in [1.54, 1.807) is 0 Å². The van der Waals surface area contributed by atoms with Crippen molar-refractivity contribution < 1.29 is 0 Å². The van der Waals surface area contributed by atoms with Crippen molar-refractivity contribution in [2.24, 2.45) is 5.92 Å². The second-order valence-corrected chi connectivity index (χ2v) is 5.87. The number of rotatable bonds is 5. The molecular formula is C15H27N3. The molecule has 3 nitrogen and oxygen atoms in total. The van der Waals surface area contributed by atoms with E-state index in [1.807, 2.05) is 0 Å². The van der Waals surface area contributed by atoms with Crippen LogP contribution in [-0.2, 0) is 0 Å². The zero-order chi connectivity index (χ0) is 12.8. The van der Waals surface area contributed by atoms with Gasteiger partial charge in [0.2, 0.25) is 0 Å². The summed E-state index contributed by atoms with van der Waals surface area (Å²) in [5.41, 5.74) is 0. The first-order chi connectivity index (χ1) is 8.83. The summed E-state index contributed by atoms with van der Waals surface area (Å²) in [6, 6.07) is 2.56. The van der Waals surface area contributed by atoms with E-state index in [4.69, 9.17) is 5.26 Å².